The molecule has 2 aromatic carbocycles. The van der Waals surface area contributed by atoms with Crippen molar-refractivity contribution in [3.63, 3.8) is 0 Å². The van der Waals surface area contributed by atoms with Crippen LogP contribution < -0.4 is 0 Å². The Labute approximate surface area is 189 Å². The molecule has 2 aromatic heterocycles. The van der Waals surface area contributed by atoms with Gasteiger partial charge in [0.2, 0.25) is 0 Å². The van der Waals surface area contributed by atoms with Crippen molar-refractivity contribution in [2.24, 2.45) is 0 Å². The Kier molecular flexibility index (Phi) is 5.68. The third-order valence-corrected chi connectivity index (χ3v) is 6.70. The molecule has 1 saturated heterocycles. The van der Waals surface area contributed by atoms with Crippen molar-refractivity contribution in [3.8, 4) is 10.6 Å². The summed E-state index contributed by atoms with van der Waals surface area (Å²) in [6.07, 6.45) is 0. The normalized spacial score (nSPS) is 14.8. The van der Waals surface area contributed by atoms with Crippen molar-refractivity contribution in [2.75, 3.05) is 26.2 Å². The zero-order chi connectivity index (χ0) is 21.2. The number of amides is 1. The van der Waals surface area contributed by atoms with Gasteiger partial charge in [-0.3, -0.25) is 9.69 Å². The number of para-hydroxylation sites is 1. The van der Waals surface area contributed by atoms with Crippen LogP contribution in [-0.2, 0) is 6.54 Å². The van der Waals surface area contributed by atoms with Gasteiger partial charge in [0.25, 0.3) is 5.91 Å². The first-order valence-corrected chi connectivity index (χ1v) is 11.5. The van der Waals surface area contributed by atoms with Crippen LogP contribution in [0.4, 0.5) is 0 Å². The summed E-state index contributed by atoms with van der Waals surface area (Å²) >= 11 is 7.62. The number of hydrogen-bond acceptors (Lipinski definition) is 5. The van der Waals surface area contributed by atoms with Crippen molar-refractivity contribution >= 4 is 39.7 Å². The lowest BCUT2D eigenvalue weighted by molar-refractivity contribution is 0.0622. The summed E-state index contributed by atoms with van der Waals surface area (Å²) in [5.74, 6) is 0.00378. The number of pyridine rings is 1. The van der Waals surface area contributed by atoms with Crippen LogP contribution in [0.3, 0.4) is 0 Å². The number of fused-ring (bicyclic) bond motifs is 1. The first-order chi connectivity index (χ1) is 15.2. The lowest BCUT2D eigenvalue weighted by atomic mass is 10.2. The number of hydrogen-bond donors (Lipinski definition) is 0. The van der Waals surface area contributed by atoms with Gasteiger partial charge in [0.1, 0.15) is 10.7 Å². The second-order valence-corrected chi connectivity index (χ2v) is 8.90. The number of carbonyl (C=O) groups is 1. The van der Waals surface area contributed by atoms with Crippen LogP contribution in [0, 0.1) is 0 Å². The number of piperazine rings is 1. The molecule has 31 heavy (non-hydrogen) atoms. The number of nitrogens with zero attached hydrogens (tertiary/aromatic N) is 4. The van der Waals surface area contributed by atoms with Gasteiger partial charge in [0, 0.05) is 54.1 Å². The molecule has 7 heteroatoms. The van der Waals surface area contributed by atoms with Gasteiger partial charge < -0.3 is 4.90 Å². The summed E-state index contributed by atoms with van der Waals surface area (Å²) in [6, 6.07) is 19.4. The SMILES string of the molecule is O=C(c1ccc2ccccc2n1)N1CCN(Cc2csc(-c3ccc(Cl)cc3)n2)CC1. The fourth-order valence-electron chi connectivity index (χ4n) is 3.79. The van der Waals surface area contributed by atoms with E-state index in [1.807, 2.05) is 65.6 Å². The van der Waals surface area contributed by atoms with Crippen LogP contribution in [0.25, 0.3) is 21.5 Å². The first kappa shape index (κ1) is 20.1. The highest BCUT2D eigenvalue weighted by Gasteiger charge is 2.23. The van der Waals surface area contributed by atoms with Gasteiger partial charge in [-0.1, -0.05) is 48.0 Å². The summed E-state index contributed by atoms with van der Waals surface area (Å²) in [7, 11) is 0. The molecule has 0 N–H and O–H groups in total. The van der Waals surface area contributed by atoms with Crippen LogP contribution in [0.1, 0.15) is 16.2 Å². The van der Waals surface area contributed by atoms with Gasteiger partial charge >= 0.3 is 0 Å². The fourth-order valence-corrected chi connectivity index (χ4v) is 4.73. The topological polar surface area (TPSA) is 49.3 Å². The van der Waals surface area contributed by atoms with E-state index in [4.69, 9.17) is 16.6 Å². The van der Waals surface area contributed by atoms with E-state index >= 15 is 0 Å². The minimum atomic E-state index is 0.00378. The number of benzene rings is 2. The number of aromatic nitrogens is 2. The summed E-state index contributed by atoms with van der Waals surface area (Å²) < 4.78 is 0. The predicted molar refractivity (Wildman–Crippen MR) is 125 cm³/mol. The molecule has 0 atom stereocenters. The Bertz CT molecular complexity index is 1220. The summed E-state index contributed by atoms with van der Waals surface area (Å²) in [6.45, 7) is 3.84. The van der Waals surface area contributed by atoms with E-state index in [-0.39, 0.29) is 5.91 Å². The first-order valence-electron chi connectivity index (χ1n) is 10.2. The molecule has 0 aliphatic carbocycles. The molecule has 1 aliphatic rings. The Balaban J connectivity index is 1.19. The molecule has 3 heterocycles. The highest BCUT2D eigenvalue weighted by molar-refractivity contribution is 7.13. The maximum Gasteiger partial charge on any atom is 0.272 e. The third kappa shape index (κ3) is 4.46. The van der Waals surface area contributed by atoms with Gasteiger partial charge in [-0.2, -0.15) is 0 Å². The fraction of sp³-hybridized carbons (Fsp3) is 0.208. The monoisotopic (exact) mass is 448 g/mol. The molecular formula is C24H21ClN4OS. The standard InChI is InChI=1S/C24H21ClN4OS/c25-19-8-5-18(6-9-19)23-26-20(16-31-23)15-28-11-13-29(14-12-28)24(30)22-10-7-17-3-1-2-4-21(17)27-22/h1-10,16H,11-15H2. The third-order valence-electron chi connectivity index (χ3n) is 5.51. The van der Waals surface area contributed by atoms with E-state index in [9.17, 15) is 4.79 Å². The van der Waals surface area contributed by atoms with Crippen molar-refractivity contribution in [2.45, 2.75) is 6.54 Å². The predicted octanol–water partition coefficient (Wildman–Crippen LogP) is 4.97. The smallest absolute Gasteiger partial charge is 0.272 e. The van der Waals surface area contributed by atoms with Gasteiger partial charge in [0.15, 0.2) is 0 Å². The van der Waals surface area contributed by atoms with E-state index in [1.165, 1.54) is 0 Å². The summed E-state index contributed by atoms with van der Waals surface area (Å²) in [5, 5.41) is 4.89. The number of carbonyl (C=O) groups excluding carboxylic acids is 1. The largest absolute Gasteiger partial charge is 0.335 e. The van der Waals surface area contributed by atoms with E-state index in [1.54, 1.807) is 11.3 Å². The molecule has 0 saturated carbocycles. The van der Waals surface area contributed by atoms with Gasteiger partial charge in [-0.05, 0) is 24.3 Å². The lowest BCUT2D eigenvalue weighted by Gasteiger charge is -2.34. The molecule has 1 aliphatic heterocycles. The molecule has 0 radical (unpaired) electrons. The van der Waals surface area contributed by atoms with Crippen LogP contribution in [-0.4, -0.2) is 51.9 Å². The van der Waals surface area contributed by atoms with Crippen LogP contribution in [0.15, 0.2) is 66.0 Å². The van der Waals surface area contributed by atoms with Crippen LogP contribution in [0.2, 0.25) is 5.02 Å². The van der Waals surface area contributed by atoms with Crippen molar-refractivity contribution in [1.82, 2.24) is 19.8 Å². The minimum absolute atomic E-state index is 0.00378. The van der Waals surface area contributed by atoms with E-state index in [0.717, 1.165) is 51.8 Å². The molecule has 0 unspecified atom stereocenters. The molecule has 4 aromatic rings. The molecule has 5 rings (SSSR count). The number of thiazole rings is 1. The average molecular weight is 449 g/mol. The Morgan fingerprint density at radius 1 is 0.935 bits per heavy atom. The Morgan fingerprint density at radius 2 is 1.71 bits per heavy atom. The van der Waals surface area contributed by atoms with E-state index in [2.05, 4.69) is 15.3 Å². The van der Waals surface area contributed by atoms with Gasteiger partial charge in [0.05, 0.1) is 11.2 Å². The van der Waals surface area contributed by atoms with Gasteiger partial charge in [-0.25, -0.2) is 9.97 Å². The van der Waals surface area contributed by atoms with Crippen LogP contribution >= 0.6 is 22.9 Å². The molecule has 0 spiro atoms. The van der Waals surface area contributed by atoms with Crippen molar-refractivity contribution in [3.05, 3.63) is 82.5 Å². The van der Waals surface area contributed by atoms with E-state index in [0.29, 0.717) is 18.8 Å². The Morgan fingerprint density at radius 3 is 2.52 bits per heavy atom. The van der Waals surface area contributed by atoms with Gasteiger partial charge in [-0.15, -0.1) is 11.3 Å². The molecule has 1 fully saturated rings. The molecule has 156 valence electrons. The van der Waals surface area contributed by atoms with Crippen LogP contribution in [0.5, 0.6) is 0 Å². The van der Waals surface area contributed by atoms with E-state index < -0.39 is 0 Å². The summed E-state index contributed by atoms with van der Waals surface area (Å²) in [5.41, 5.74) is 3.51. The molecule has 0 bridgehead atoms. The number of rotatable bonds is 4. The zero-order valence-corrected chi connectivity index (χ0v) is 18.4. The maximum absolute atomic E-state index is 12.9. The second kappa shape index (κ2) is 8.75. The number of halogens is 1. The maximum atomic E-state index is 12.9. The molecular weight excluding hydrogens is 428 g/mol. The Hall–Kier alpha value is -2.80. The average Bonchev–Trinajstić information content (AvgIpc) is 3.27. The summed E-state index contributed by atoms with van der Waals surface area (Å²) in [4.78, 5) is 26.5. The highest BCUT2D eigenvalue weighted by atomic mass is 35.5. The quantitative estimate of drug-likeness (QED) is 0.442. The highest BCUT2D eigenvalue weighted by Crippen LogP contribution is 2.26. The minimum Gasteiger partial charge on any atom is -0.335 e. The molecule has 5 nitrogen and oxygen atoms in total. The van der Waals surface area contributed by atoms with Crippen molar-refractivity contribution < 1.29 is 4.79 Å². The molecule has 1 amide bonds. The lowest BCUT2D eigenvalue weighted by Crippen LogP contribution is -2.48. The second-order valence-electron chi connectivity index (χ2n) is 7.61. The van der Waals surface area contributed by atoms with Crippen molar-refractivity contribution in [1.29, 1.82) is 0 Å². The zero-order valence-electron chi connectivity index (χ0n) is 16.9.